The van der Waals surface area contributed by atoms with E-state index < -0.39 is 0 Å². The minimum absolute atomic E-state index is 0. The molecule has 2 heterocycles. The van der Waals surface area contributed by atoms with Crippen molar-refractivity contribution in [1.29, 1.82) is 0 Å². The zero-order valence-corrected chi connectivity index (χ0v) is 9.68. The summed E-state index contributed by atoms with van der Waals surface area (Å²) < 4.78 is 5.56. The van der Waals surface area contributed by atoms with Crippen LogP contribution in [0.25, 0.3) is 0 Å². The minimum atomic E-state index is 0. The lowest BCUT2D eigenvalue weighted by Gasteiger charge is -2.30. The van der Waals surface area contributed by atoms with E-state index in [9.17, 15) is 0 Å². The predicted octanol–water partition coefficient (Wildman–Crippen LogP) is 1.09. The van der Waals surface area contributed by atoms with E-state index in [1.165, 1.54) is 32.4 Å². The van der Waals surface area contributed by atoms with Gasteiger partial charge in [-0.15, -0.1) is 12.4 Å². The molecule has 0 aromatic heterocycles. The normalized spacial score (nSPS) is 30.2. The Morgan fingerprint density at radius 1 is 1.36 bits per heavy atom. The Kier molecular flexibility index (Phi) is 5.17. The first kappa shape index (κ1) is 12.2. The number of hydrogen-bond acceptors (Lipinski definition) is 3. The van der Waals surface area contributed by atoms with Gasteiger partial charge < -0.3 is 9.64 Å². The van der Waals surface area contributed by atoms with Crippen molar-refractivity contribution in [3.8, 4) is 0 Å². The van der Waals surface area contributed by atoms with Crippen LogP contribution in [0.15, 0.2) is 0 Å². The van der Waals surface area contributed by atoms with Crippen molar-refractivity contribution in [2.45, 2.75) is 25.5 Å². The van der Waals surface area contributed by atoms with Gasteiger partial charge in [-0.05, 0) is 45.3 Å². The summed E-state index contributed by atoms with van der Waals surface area (Å²) in [4.78, 5) is 2.42. The van der Waals surface area contributed by atoms with Crippen LogP contribution in [-0.4, -0.2) is 44.4 Å². The van der Waals surface area contributed by atoms with Crippen LogP contribution in [0.3, 0.4) is 0 Å². The molecule has 14 heavy (non-hydrogen) atoms. The van der Waals surface area contributed by atoms with E-state index >= 15 is 0 Å². The molecule has 1 atom stereocenters. The van der Waals surface area contributed by atoms with Gasteiger partial charge in [0.1, 0.15) is 6.23 Å². The summed E-state index contributed by atoms with van der Waals surface area (Å²) in [5.41, 5.74) is 0. The largest absolute Gasteiger partial charge is 0.362 e. The van der Waals surface area contributed by atoms with Crippen molar-refractivity contribution in [3.05, 3.63) is 0 Å². The highest BCUT2D eigenvalue weighted by Crippen LogP contribution is 2.22. The van der Waals surface area contributed by atoms with Gasteiger partial charge in [0.05, 0.1) is 6.61 Å². The van der Waals surface area contributed by atoms with Crippen LogP contribution < -0.4 is 5.32 Å². The lowest BCUT2D eigenvalue weighted by atomic mass is 9.93. The number of ether oxygens (including phenoxy) is 1. The van der Waals surface area contributed by atoms with Crippen LogP contribution in [0.4, 0.5) is 0 Å². The highest BCUT2D eigenvalue weighted by molar-refractivity contribution is 5.85. The second-order valence-corrected chi connectivity index (χ2v) is 4.30. The number of hydrogen-bond donors (Lipinski definition) is 1. The van der Waals surface area contributed by atoms with Gasteiger partial charge in [-0.2, -0.15) is 0 Å². The first-order chi connectivity index (χ1) is 6.34. The van der Waals surface area contributed by atoms with Crippen molar-refractivity contribution in [3.63, 3.8) is 0 Å². The Morgan fingerprint density at radius 3 is 2.64 bits per heavy atom. The molecule has 2 fully saturated rings. The van der Waals surface area contributed by atoms with Gasteiger partial charge in [-0.25, -0.2) is 0 Å². The number of halogens is 1. The molecule has 2 saturated heterocycles. The standard InChI is InChI=1S/C10H20N2O.ClH/c1-12-5-2-9(3-6-12)8-10-11-4-7-13-10;/h9-11H,2-8H2,1H3;1H. The first-order valence-electron chi connectivity index (χ1n) is 5.38. The summed E-state index contributed by atoms with van der Waals surface area (Å²) in [6.07, 6.45) is 4.26. The number of piperidine rings is 1. The van der Waals surface area contributed by atoms with E-state index in [1.54, 1.807) is 0 Å². The molecule has 1 unspecified atom stereocenters. The Balaban J connectivity index is 0.000000980. The zero-order valence-electron chi connectivity index (χ0n) is 8.87. The highest BCUT2D eigenvalue weighted by atomic mass is 35.5. The maximum atomic E-state index is 5.56. The molecule has 0 radical (unpaired) electrons. The third-order valence-corrected chi connectivity index (χ3v) is 3.18. The van der Waals surface area contributed by atoms with Gasteiger partial charge in [-0.1, -0.05) is 0 Å². The average Bonchev–Trinajstić information content (AvgIpc) is 2.62. The zero-order chi connectivity index (χ0) is 9.10. The maximum Gasteiger partial charge on any atom is 0.108 e. The number of rotatable bonds is 2. The molecule has 2 rings (SSSR count). The Labute approximate surface area is 92.6 Å². The SMILES string of the molecule is CN1CCC(CC2NCCO2)CC1.Cl. The Bertz CT molecular complexity index is 154. The predicted molar refractivity (Wildman–Crippen MR) is 59.8 cm³/mol. The maximum absolute atomic E-state index is 5.56. The molecule has 0 aliphatic carbocycles. The van der Waals surface area contributed by atoms with Gasteiger partial charge in [0, 0.05) is 6.54 Å². The van der Waals surface area contributed by atoms with Crippen LogP contribution in [0.5, 0.6) is 0 Å². The monoisotopic (exact) mass is 220 g/mol. The molecule has 0 saturated carbocycles. The molecule has 0 amide bonds. The minimum Gasteiger partial charge on any atom is -0.362 e. The highest BCUT2D eigenvalue weighted by Gasteiger charge is 2.22. The Morgan fingerprint density at radius 2 is 2.07 bits per heavy atom. The first-order valence-corrected chi connectivity index (χ1v) is 5.38. The van der Waals surface area contributed by atoms with Crippen LogP contribution in [0, 0.1) is 5.92 Å². The van der Waals surface area contributed by atoms with Crippen molar-refractivity contribution in [2.75, 3.05) is 33.3 Å². The number of nitrogens with zero attached hydrogens (tertiary/aromatic N) is 1. The van der Waals surface area contributed by atoms with Crippen LogP contribution in [0.2, 0.25) is 0 Å². The lowest BCUT2D eigenvalue weighted by molar-refractivity contribution is 0.0670. The molecular formula is C10H21ClN2O. The molecule has 0 spiro atoms. The third-order valence-electron chi connectivity index (χ3n) is 3.18. The van der Waals surface area contributed by atoms with Crippen LogP contribution in [-0.2, 0) is 4.74 Å². The number of likely N-dealkylation sites (tertiary alicyclic amines) is 1. The number of nitrogens with one attached hydrogen (secondary N) is 1. The van der Waals surface area contributed by atoms with E-state index in [0.29, 0.717) is 6.23 Å². The van der Waals surface area contributed by atoms with E-state index in [-0.39, 0.29) is 12.4 Å². The molecule has 2 aliphatic rings. The van der Waals surface area contributed by atoms with Crippen molar-refractivity contribution in [2.24, 2.45) is 5.92 Å². The quantitative estimate of drug-likeness (QED) is 0.754. The van der Waals surface area contributed by atoms with Gasteiger partial charge in [-0.3, -0.25) is 5.32 Å². The molecule has 0 bridgehead atoms. The molecule has 1 N–H and O–H groups in total. The second-order valence-electron chi connectivity index (χ2n) is 4.30. The fraction of sp³-hybridized carbons (Fsp3) is 1.00. The van der Waals surface area contributed by atoms with E-state index in [4.69, 9.17) is 4.74 Å². The summed E-state index contributed by atoms with van der Waals surface area (Å²) in [5, 5.41) is 3.38. The third kappa shape index (κ3) is 3.39. The van der Waals surface area contributed by atoms with Gasteiger partial charge in [0.15, 0.2) is 0 Å². The molecule has 2 aliphatic heterocycles. The topological polar surface area (TPSA) is 24.5 Å². The summed E-state index contributed by atoms with van der Waals surface area (Å²) in [6, 6.07) is 0. The molecule has 0 aromatic rings. The molecule has 0 aromatic carbocycles. The summed E-state index contributed by atoms with van der Waals surface area (Å²) in [7, 11) is 2.21. The summed E-state index contributed by atoms with van der Waals surface area (Å²) in [5.74, 6) is 0.881. The van der Waals surface area contributed by atoms with Gasteiger partial charge in [0.25, 0.3) is 0 Å². The van der Waals surface area contributed by atoms with Gasteiger partial charge in [0.2, 0.25) is 0 Å². The second kappa shape index (κ2) is 5.91. The molecule has 4 heteroatoms. The van der Waals surface area contributed by atoms with Crippen molar-refractivity contribution in [1.82, 2.24) is 10.2 Å². The van der Waals surface area contributed by atoms with E-state index in [2.05, 4.69) is 17.3 Å². The van der Waals surface area contributed by atoms with Crippen LogP contribution >= 0.6 is 12.4 Å². The molecule has 3 nitrogen and oxygen atoms in total. The van der Waals surface area contributed by atoms with Gasteiger partial charge >= 0.3 is 0 Å². The smallest absolute Gasteiger partial charge is 0.108 e. The molecule has 84 valence electrons. The average molecular weight is 221 g/mol. The fourth-order valence-electron chi connectivity index (χ4n) is 2.23. The Hall–Kier alpha value is 0.170. The van der Waals surface area contributed by atoms with Crippen LogP contribution in [0.1, 0.15) is 19.3 Å². The summed E-state index contributed by atoms with van der Waals surface area (Å²) >= 11 is 0. The fourth-order valence-corrected chi connectivity index (χ4v) is 2.23. The van der Waals surface area contributed by atoms with Crippen molar-refractivity contribution < 1.29 is 4.74 Å². The molecular weight excluding hydrogens is 200 g/mol. The van der Waals surface area contributed by atoms with E-state index in [1.807, 2.05) is 0 Å². The van der Waals surface area contributed by atoms with E-state index in [0.717, 1.165) is 19.1 Å². The lowest BCUT2D eigenvalue weighted by Crippen LogP contribution is -2.34. The summed E-state index contributed by atoms with van der Waals surface area (Å²) in [6.45, 7) is 4.46. The van der Waals surface area contributed by atoms with Crippen molar-refractivity contribution >= 4 is 12.4 Å².